The summed E-state index contributed by atoms with van der Waals surface area (Å²) in [4.78, 5) is 0.523. The molecule has 0 aromatic heterocycles. The third-order valence-corrected chi connectivity index (χ3v) is 4.50. The Hall–Kier alpha value is -0.440. The smallest absolute Gasteiger partial charge is 0.159 e. The molecular formula is C13H15BrF2. The first-order valence-electron chi connectivity index (χ1n) is 5.75. The molecule has 0 spiro atoms. The van der Waals surface area contributed by atoms with Gasteiger partial charge in [0.25, 0.3) is 0 Å². The van der Waals surface area contributed by atoms with Crippen molar-refractivity contribution in [3.05, 3.63) is 35.4 Å². The first kappa shape index (κ1) is 12.0. The molecule has 0 nitrogen and oxygen atoms in total. The molecule has 1 aromatic carbocycles. The molecule has 2 atom stereocenters. The Bertz CT molecular complexity index is 365. The van der Waals surface area contributed by atoms with E-state index in [1.807, 2.05) is 0 Å². The molecule has 1 aliphatic carbocycles. The number of hydrogen-bond acceptors (Lipinski definition) is 0. The minimum Gasteiger partial charge on any atom is -0.204 e. The van der Waals surface area contributed by atoms with Gasteiger partial charge in [0.1, 0.15) is 0 Å². The molecule has 2 rings (SSSR count). The Morgan fingerprint density at radius 2 is 1.88 bits per heavy atom. The SMILES string of the molecule is Fc1ccc(CC2CCCCC2Br)cc1F. The molecule has 3 heteroatoms. The lowest BCUT2D eigenvalue weighted by Crippen LogP contribution is -2.21. The van der Waals surface area contributed by atoms with Crippen LogP contribution in [0.1, 0.15) is 31.2 Å². The zero-order chi connectivity index (χ0) is 11.5. The van der Waals surface area contributed by atoms with Gasteiger partial charge in [-0.1, -0.05) is 34.8 Å². The van der Waals surface area contributed by atoms with Gasteiger partial charge in [-0.2, -0.15) is 0 Å². The second-order valence-corrected chi connectivity index (χ2v) is 5.69. The van der Waals surface area contributed by atoms with Gasteiger partial charge in [-0.15, -0.1) is 0 Å². The molecule has 0 bridgehead atoms. The van der Waals surface area contributed by atoms with Crippen LogP contribution in [0.3, 0.4) is 0 Å². The van der Waals surface area contributed by atoms with Gasteiger partial charge in [-0.25, -0.2) is 8.78 Å². The summed E-state index contributed by atoms with van der Waals surface area (Å²) in [6.07, 6.45) is 5.72. The van der Waals surface area contributed by atoms with Crippen molar-refractivity contribution < 1.29 is 8.78 Å². The van der Waals surface area contributed by atoms with Gasteiger partial charge in [-0.05, 0) is 42.9 Å². The second kappa shape index (κ2) is 5.26. The fourth-order valence-electron chi connectivity index (χ4n) is 2.36. The van der Waals surface area contributed by atoms with Crippen molar-refractivity contribution in [2.45, 2.75) is 36.9 Å². The van der Waals surface area contributed by atoms with Gasteiger partial charge in [0.2, 0.25) is 0 Å². The maximum atomic E-state index is 13.0. The Morgan fingerprint density at radius 1 is 1.12 bits per heavy atom. The van der Waals surface area contributed by atoms with Gasteiger partial charge in [0.15, 0.2) is 11.6 Å². The van der Waals surface area contributed by atoms with E-state index >= 15 is 0 Å². The van der Waals surface area contributed by atoms with Gasteiger partial charge in [0.05, 0.1) is 0 Å². The fraction of sp³-hybridized carbons (Fsp3) is 0.538. The number of halogens is 3. The predicted molar refractivity (Wildman–Crippen MR) is 64.7 cm³/mol. The maximum Gasteiger partial charge on any atom is 0.159 e. The molecule has 0 aliphatic heterocycles. The van der Waals surface area contributed by atoms with Crippen molar-refractivity contribution in [2.75, 3.05) is 0 Å². The average Bonchev–Trinajstić information content (AvgIpc) is 2.27. The molecule has 0 radical (unpaired) electrons. The van der Waals surface area contributed by atoms with Crippen LogP contribution in [0.15, 0.2) is 18.2 Å². The van der Waals surface area contributed by atoms with E-state index in [2.05, 4.69) is 15.9 Å². The zero-order valence-corrected chi connectivity index (χ0v) is 10.6. The predicted octanol–water partition coefficient (Wildman–Crippen LogP) is 4.46. The highest BCUT2D eigenvalue weighted by molar-refractivity contribution is 9.09. The summed E-state index contributed by atoms with van der Waals surface area (Å²) in [6, 6.07) is 4.23. The topological polar surface area (TPSA) is 0 Å². The van der Waals surface area contributed by atoms with Gasteiger partial charge < -0.3 is 0 Å². The van der Waals surface area contributed by atoms with E-state index in [0.717, 1.165) is 12.0 Å². The minimum atomic E-state index is -0.761. The minimum absolute atomic E-state index is 0.523. The van der Waals surface area contributed by atoms with Crippen LogP contribution in [0.2, 0.25) is 0 Å². The molecule has 0 saturated heterocycles. The lowest BCUT2D eigenvalue weighted by molar-refractivity contribution is 0.372. The van der Waals surface area contributed by atoms with Crippen LogP contribution >= 0.6 is 15.9 Å². The van der Waals surface area contributed by atoms with Gasteiger partial charge >= 0.3 is 0 Å². The summed E-state index contributed by atoms with van der Waals surface area (Å²) in [7, 11) is 0. The van der Waals surface area contributed by atoms with E-state index in [4.69, 9.17) is 0 Å². The highest BCUT2D eigenvalue weighted by Gasteiger charge is 2.23. The Kier molecular flexibility index (Phi) is 3.95. The maximum absolute atomic E-state index is 13.0. The molecule has 0 amide bonds. The highest BCUT2D eigenvalue weighted by atomic mass is 79.9. The van der Waals surface area contributed by atoms with E-state index in [-0.39, 0.29) is 0 Å². The molecule has 1 saturated carbocycles. The van der Waals surface area contributed by atoms with E-state index in [1.165, 1.54) is 37.8 Å². The zero-order valence-electron chi connectivity index (χ0n) is 9.06. The summed E-state index contributed by atoms with van der Waals surface area (Å²) >= 11 is 3.68. The molecule has 0 N–H and O–H groups in total. The molecular weight excluding hydrogens is 274 g/mol. The average molecular weight is 289 g/mol. The lowest BCUT2D eigenvalue weighted by Gasteiger charge is -2.27. The van der Waals surface area contributed by atoms with Crippen LogP contribution in [0.25, 0.3) is 0 Å². The fourth-order valence-corrected chi connectivity index (χ4v) is 3.14. The van der Waals surface area contributed by atoms with E-state index < -0.39 is 11.6 Å². The Morgan fingerprint density at radius 3 is 2.56 bits per heavy atom. The second-order valence-electron chi connectivity index (χ2n) is 4.51. The molecule has 2 unspecified atom stereocenters. The number of rotatable bonds is 2. The van der Waals surface area contributed by atoms with Crippen molar-refractivity contribution in [1.29, 1.82) is 0 Å². The van der Waals surface area contributed by atoms with Crippen molar-refractivity contribution in [1.82, 2.24) is 0 Å². The van der Waals surface area contributed by atoms with Crippen LogP contribution in [-0.4, -0.2) is 4.83 Å². The number of benzene rings is 1. The van der Waals surface area contributed by atoms with E-state index in [1.54, 1.807) is 6.07 Å². The number of alkyl halides is 1. The third-order valence-electron chi connectivity index (χ3n) is 3.30. The summed E-state index contributed by atoms with van der Waals surface area (Å²) in [5.41, 5.74) is 0.898. The van der Waals surface area contributed by atoms with Crippen molar-refractivity contribution >= 4 is 15.9 Å². The summed E-state index contributed by atoms with van der Waals surface area (Å²) < 4.78 is 25.8. The van der Waals surface area contributed by atoms with Crippen LogP contribution in [0.5, 0.6) is 0 Å². The molecule has 16 heavy (non-hydrogen) atoms. The van der Waals surface area contributed by atoms with Crippen molar-refractivity contribution in [3.8, 4) is 0 Å². The van der Waals surface area contributed by atoms with Crippen LogP contribution in [0.4, 0.5) is 8.78 Å². The number of hydrogen-bond donors (Lipinski definition) is 0. The lowest BCUT2D eigenvalue weighted by atomic mass is 9.85. The summed E-state index contributed by atoms with van der Waals surface area (Å²) in [6.45, 7) is 0. The normalized spacial score (nSPS) is 25.7. The van der Waals surface area contributed by atoms with Gasteiger partial charge in [0, 0.05) is 4.83 Å². The van der Waals surface area contributed by atoms with E-state index in [0.29, 0.717) is 10.7 Å². The monoisotopic (exact) mass is 288 g/mol. The third kappa shape index (κ3) is 2.82. The van der Waals surface area contributed by atoms with Crippen molar-refractivity contribution in [3.63, 3.8) is 0 Å². The van der Waals surface area contributed by atoms with Crippen molar-refractivity contribution in [2.24, 2.45) is 5.92 Å². The first-order valence-corrected chi connectivity index (χ1v) is 6.66. The first-order chi connectivity index (χ1) is 7.66. The molecule has 1 fully saturated rings. The standard InChI is InChI=1S/C13H15BrF2/c14-11-4-2-1-3-10(11)7-9-5-6-12(15)13(16)8-9/h5-6,8,10-11H,1-4,7H2. The van der Waals surface area contributed by atoms with Crippen LogP contribution in [0, 0.1) is 17.6 Å². The van der Waals surface area contributed by atoms with Gasteiger partial charge in [-0.3, -0.25) is 0 Å². The largest absolute Gasteiger partial charge is 0.204 e. The highest BCUT2D eigenvalue weighted by Crippen LogP contribution is 2.32. The quantitative estimate of drug-likeness (QED) is 0.705. The molecule has 1 aromatic rings. The van der Waals surface area contributed by atoms with Crippen LogP contribution in [-0.2, 0) is 6.42 Å². The Labute approximate surface area is 103 Å². The molecule has 1 aliphatic rings. The van der Waals surface area contributed by atoms with Crippen LogP contribution < -0.4 is 0 Å². The molecule has 0 heterocycles. The summed E-state index contributed by atoms with van der Waals surface area (Å²) in [5, 5.41) is 0. The molecule has 88 valence electrons. The summed E-state index contributed by atoms with van der Waals surface area (Å²) in [5.74, 6) is -0.944. The van der Waals surface area contributed by atoms with E-state index in [9.17, 15) is 8.78 Å². The Balaban J connectivity index is 2.05.